The molecule has 0 saturated carbocycles. The standard InChI is InChI=1S/C19H34O2/c1-14(2)17(6)13-12-16(5)10-8-9-11-18(7)19(20)21-15(3)4/h8-9,11,14-17H,10,12-13H2,1-7H3/b9-8+,18-11+. The summed E-state index contributed by atoms with van der Waals surface area (Å²) < 4.78 is 5.14. The predicted molar refractivity (Wildman–Crippen MR) is 91.1 cm³/mol. The Hall–Kier alpha value is -1.05. The van der Waals surface area contributed by atoms with Crippen LogP contribution in [0.5, 0.6) is 0 Å². The molecule has 0 heterocycles. The molecule has 0 radical (unpaired) electrons. The van der Waals surface area contributed by atoms with Crippen molar-refractivity contribution in [3.63, 3.8) is 0 Å². The van der Waals surface area contributed by atoms with Gasteiger partial charge in [-0.3, -0.25) is 0 Å². The normalized spacial score (nSPS) is 15.8. The van der Waals surface area contributed by atoms with E-state index in [1.807, 2.05) is 26.0 Å². The molecule has 0 amide bonds. The number of allylic oxidation sites excluding steroid dienone is 3. The van der Waals surface area contributed by atoms with Gasteiger partial charge in [0, 0.05) is 5.57 Å². The first kappa shape index (κ1) is 19.9. The molecule has 2 unspecified atom stereocenters. The number of carbonyl (C=O) groups excluding carboxylic acids is 1. The first-order chi connectivity index (χ1) is 9.73. The summed E-state index contributed by atoms with van der Waals surface area (Å²) >= 11 is 0. The van der Waals surface area contributed by atoms with E-state index in [2.05, 4.69) is 33.8 Å². The first-order valence-corrected chi connectivity index (χ1v) is 8.28. The molecule has 0 aliphatic rings. The predicted octanol–water partition coefficient (Wildman–Crippen LogP) is 5.54. The molecule has 21 heavy (non-hydrogen) atoms. The van der Waals surface area contributed by atoms with Gasteiger partial charge in [0.25, 0.3) is 0 Å². The third-order valence-electron chi connectivity index (χ3n) is 3.94. The Morgan fingerprint density at radius 3 is 2.19 bits per heavy atom. The van der Waals surface area contributed by atoms with Crippen LogP contribution in [0.25, 0.3) is 0 Å². The highest BCUT2D eigenvalue weighted by Gasteiger charge is 2.09. The third-order valence-corrected chi connectivity index (χ3v) is 3.94. The zero-order valence-corrected chi connectivity index (χ0v) is 15.0. The third kappa shape index (κ3) is 10.3. The molecule has 0 rings (SSSR count). The molecule has 0 aromatic carbocycles. The monoisotopic (exact) mass is 294 g/mol. The minimum Gasteiger partial charge on any atom is -0.460 e. The fraction of sp³-hybridized carbons (Fsp3) is 0.737. The van der Waals surface area contributed by atoms with E-state index in [-0.39, 0.29) is 12.1 Å². The van der Waals surface area contributed by atoms with E-state index < -0.39 is 0 Å². The van der Waals surface area contributed by atoms with Crippen molar-refractivity contribution in [2.24, 2.45) is 17.8 Å². The smallest absolute Gasteiger partial charge is 0.333 e. The topological polar surface area (TPSA) is 26.3 Å². The number of carbonyl (C=O) groups is 1. The Balaban J connectivity index is 4.06. The van der Waals surface area contributed by atoms with Crippen LogP contribution in [0.15, 0.2) is 23.8 Å². The fourth-order valence-corrected chi connectivity index (χ4v) is 1.90. The van der Waals surface area contributed by atoms with Gasteiger partial charge in [0.05, 0.1) is 6.10 Å². The van der Waals surface area contributed by atoms with Gasteiger partial charge in [0.2, 0.25) is 0 Å². The van der Waals surface area contributed by atoms with Gasteiger partial charge in [-0.25, -0.2) is 4.79 Å². The molecular weight excluding hydrogens is 260 g/mol. The van der Waals surface area contributed by atoms with Crippen LogP contribution in [0.1, 0.15) is 67.7 Å². The molecule has 0 aliphatic carbocycles. The number of ether oxygens (including phenoxy) is 1. The van der Waals surface area contributed by atoms with Crippen LogP contribution >= 0.6 is 0 Å². The zero-order valence-electron chi connectivity index (χ0n) is 15.0. The molecule has 0 aromatic rings. The minimum absolute atomic E-state index is 0.0622. The van der Waals surface area contributed by atoms with Gasteiger partial charge < -0.3 is 4.74 Å². The van der Waals surface area contributed by atoms with Gasteiger partial charge in [0.15, 0.2) is 0 Å². The van der Waals surface area contributed by atoms with Crippen molar-refractivity contribution in [2.45, 2.75) is 73.8 Å². The highest BCUT2D eigenvalue weighted by atomic mass is 16.5. The zero-order chi connectivity index (χ0) is 16.4. The number of rotatable bonds is 9. The maximum atomic E-state index is 11.6. The lowest BCUT2D eigenvalue weighted by atomic mass is 9.89. The summed E-state index contributed by atoms with van der Waals surface area (Å²) in [5, 5.41) is 0. The van der Waals surface area contributed by atoms with Crippen molar-refractivity contribution in [3.8, 4) is 0 Å². The lowest BCUT2D eigenvalue weighted by Crippen LogP contribution is -2.11. The van der Waals surface area contributed by atoms with Crippen LogP contribution in [0.4, 0.5) is 0 Å². The van der Waals surface area contributed by atoms with E-state index in [0.717, 1.165) is 18.3 Å². The van der Waals surface area contributed by atoms with Gasteiger partial charge in [-0.1, -0.05) is 58.8 Å². The van der Waals surface area contributed by atoms with Crippen molar-refractivity contribution in [1.29, 1.82) is 0 Å². The second kappa shape index (κ2) is 10.6. The summed E-state index contributed by atoms with van der Waals surface area (Å²) in [4.78, 5) is 11.6. The van der Waals surface area contributed by atoms with E-state index in [0.29, 0.717) is 11.5 Å². The average Bonchev–Trinajstić information content (AvgIpc) is 2.39. The second-order valence-corrected chi connectivity index (χ2v) is 6.87. The van der Waals surface area contributed by atoms with E-state index >= 15 is 0 Å². The van der Waals surface area contributed by atoms with Crippen molar-refractivity contribution in [1.82, 2.24) is 0 Å². The van der Waals surface area contributed by atoms with E-state index in [1.165, 1.54) is 12.8 Å². The lowest BCUT2D eigenvalue weighted by molar-refractivity contribution is -0.142. The van der Waals surface area contributed by atoms with Gasteiger partial charge >= 0.3 is 5.97 Å². The van der Waals surface area contributed by atoms with E-state index in [4.69, 9.17) is 4.74 Å². The highest BCUT2D eigenvalue weighted by molar-refractivity contribution is 5.88. The maximum Gasteiger partial charge on any atom is 0.333 e. The summed E-state index contributed by atoms with van der Waals surface area (Å²) in [6, 6.07) is 0. The summed E-state index contributed by atoms with van der Waals surface area (Å²) in [5.74, 6) is 2.03. The van der Waals surface area contributed by atoms with Gasteiger partial charge in [-0.2, -0.15) is 0 Å². The lowest BCUT2D eigenvalue weighted by Gasteiger charge is -2.17. The largest absolute Gasteiger partial charge is 0.460 e. The quantitative estimate of drug-likeness (QED) is 0.317. The summed E-state index contributed by atoms with van der Waals surface area (Å²) in [5.41, 5.74) is 0.654. The molecule has 0 spiro atoms. The SMILES string of the molecule is C/C(=C\C=C\CC(C)CCC(C)C(C)C)C(=O)OC(C)C. The van der Waals surface area contributed by atoms with E-state index in [1.54, 1.807) is 6.92 Å². The molecule has 0 N–H and O–H groups in total. The molecule has 122 valence electrons. The number of hydrogen-bond acceptors (Lipinski definition) is 2. The highest BCUT2D eigenvalue weighted by Crippen LogP contribution is 2.21. The molecule has 0 aromatic heterocycles. The molecule has 2 heteroatoms. The Morgan fingerprint density at radius 1 is 1.05 bits per heavy atom. The maximum absolute atomic E-state index is 11.6. The first-order valence-electron chi connectivity index (χ1n) is 8.28. The number of hydrogen-bond donors (Lipinski definition) is 0. The summed E-state index contributed by atoms with van der Waals surface area (Å²) in [7, 11) is 0. The Bertz CT molecular complexity index is 351. The minimum atomic E-state index is -0.228. The van der Waals surface area contributed by atoms with Crippen molar-refractivity contribution < 1.29 is 9.53 Å². The summed E-state index contributed by atoms with van der Waals surface area (Å²) in [6.45, 7) is 14.7. The molecule has 0 bridgehead atoms. The van der Waals surface area contributed by atoms with Crippen LogP contribution in [0.2, 0.25) is 0 Å². The Kier molecular flexibility index (Phi) is 10.1. The van der Waals surface area contributed by atoms with Crippen LogP contribution < -0.4 is 0 Å². The Labute approximate surface area is 131 Å². The van der Waals surface area contributed by atoms with Gasteiger partial charge in [-0.05, 0) is 44.9 Å². The molecule has 2 atom stereocenters. The molecule has 0 fully saturated rings. The van der Waals surface area contributed by atoms with Crippen molar-refractivity contribution >= 4 is 5.97 Å². The summed E-state index contributed by atoms with van der Waals surface area (Å²) in [6.07, 6.45) is 9.52. The van der Waals surface area contributed by atoms with E-state index in [9.17, 15) is 4.79 Å². The molecule has 0 aliphatic heterocycles. The molecule has 2 nitrogen and oxygen atoms in total. The number of esters is 1. The van der Waals surface area contributed by atoms with Crippen LogP contribution in [-0.2, 0) is 9.53 Å². The van der Waals surface area contributed by atoms with Gasteiger partial charge in [0.1, 0.15) is 0 Å². The molecular formula is C19H34O2. The fourth-order valence-electron chi connectivity index (χ4n) is 1.90. The van der Waals surface area contributed by atoms with Crippen LogP contribution in [0, 0.1) is 17.8 Å². The average molecular weight is 294 g/mol. The van der Waals surface area contributed by atoms with Crippen molar-refractivity contribution in [3.05, 3.63) is 23.8 Å². The molecule has 0 saturated heterocycles. The Morgan fingerprint density at radius 2 is 1.67 bits per heavy atom. The van der Waals surface area contributed by atoms with Gasteiger partial charge in [-0.15, -0.1) is 0 Å². The second-order valence-electron chi connectivity index (χ2n) is 6.87. The van der Waals surface area contributed by atoms with Crippen LogP contribution in [-0.4, -0.2) is 12.1 Å². The van der Waals surface area contributed by atoms with Crippen LogP contribution in [0.3, 0.4) is 0 Å². The van der Waals surface area contributed by atoms with Crippen molar-refractivity contribution in [2.75, 3.05) is 0 Å².